The second kappa shape index (κ2) is 5.30. The third-order valence-electron chi connectivity index (χ3n) is 3.10. The first-order valence-electron chi connectivity index (χ1n) is 6.19. The minimum absolute atomic E-state index is 0.601. The molecule has 1 aliphatic heterocycles. The Bertz CT molecular complexity index is 527. The van der Waals surface area contributed by atoms with Crippen LogP contribution in [-0.2, 0) is 0 Å². The molecule has 0 aliphatic carbocycles. The Labute approximate surface area is 111 Å². The van der Waals surface area contributed by atoms with Gasteiger partial charge in [-0.25, -0.2) is 0 Å². The zero-order valence-electron chi connectivity index (χ0n) is 10.4. The van der Waals surface area contributed by atoms with Gasteiger partial charge < -0.3 is 19.3 Å². The van der Waals surface area contributed by atoms with Gasteiger partial charge in [-0.15, -0.1) is 0 Å². The molecular formula is C15H15NO3. The van der Waals surface area contributed by atoms with Gasteiger partial charge in [0, 0.05) is 13.1 Å². The highest BCUT2D eigenvalue weighted by molar-refractivity contribution is 5.57. The quantitative estimate of drug-likeness (QED) is 0.866. The Morgan fingerprint density at radius 3 is 1.95 bits per heavy atom. The van der Waals surface area contributed by atoms with Crippen LogP contribution in [0.2, 0.25) is 0 Å². The predicted octanol–water partition coefficient (Wildman–Crippen LogP) is 2.30. The van der Waals surface area contributed by atoms with E-state index in [-0.39, 0.29) is 0 Å². The molecule has 3 rings (SSSR count). The molecule has 4 nitrogen and oxygen atoms in total. The molecule has 4 heteroatoms. The molecule has 0 saturated carbocycles. The van der Waals surface area contributed by atoms with E-state index in [1.807, 2.05) is 36.4 Å². The van der Waals surface area contributed by atoms with Crippen molar-refractivity contribution in [3.8, 4) is 0 Å². The average Bonchev–Trinajstić information content (AvgIpc) is 3.07. The minimum atomic E-state index is -0.601. The molecule has 19 heavy (non-hydrogen) atoms. The number of furan rings is 2. The van der Waals surface area contributed by atoms with Crippen molar-refractivity contribution in [3.63, 3.8) is 0 Å². The topological polar surface area (TPSA) is 58.5 Å². The summed E-state index contributed by atoms with van der Waals surface area (Å²) in [6.45, 7) is 1.30. The molecule has 2 aromatic heterocycles. The van der Waals surface area contributed by atoms with Crippen molar-refractivity contribution < 1.29 is 13.9 Å². The summed E-state index contributed by atoms with van der Waals surface area (Å²) in [7, 11) is 0. The van der Waals surface area contributed by atoms with Crippen molar-refractivity contribution in [1.82, 2.24) is 5.32 Å². The molecule has 0 aromatic carbocycles. The van der Waals surface area contributed by atoms with Crippen LogP contribution in [0.25, 0.3) is 12.2 Å². The lowest BCUT2D eigenvalue weighted by Gasteiger charge is -2.25. The lowest BCUT2D eigenvalue weighted by atomic mass is 9.96. The van der Waals surface area contributed by atoms with Crippen LogP contribution in [0, 0.1) is 0 Å². The van der Waals surface area contributed by atoms with E-state index in [0.717, 1.165) is 22.7 Å². The number of aliphatic hydroxyl groups excluding tert-OH is 1. The monoisotopic (exact) mass is 257 g/mol. The number of rotatable bonds is 2. The summed E-state index contributed by atoms with van der Waals surface area (Å²) < 4.78 is 10.5. The Hall–Kier alpha value is -2.04. The molecule has 3 heterocycles. The SMILES string of the molecule is OC1/C(=C/c2ccco2)CNC/C1=C\c1ccco1. The fourth-order valence-electron chi connectivity index (χ4n) is 2.15. The zero-order chi connectivity index (χ0) is 13.1. The van der Waals surface area contributed by atoms with Crippen LogP contribution in [0.3, 0.4) is 0 Å². The lowest BCUT2D eigenvalue weighted by molar-refractivity contribution is 0.232. The molecule has 0 unspecified atom stereocenters. The van der Waals surface area contributed by atoms with Gasteiger partial charge in [0.05, 0.1) is 18.6 Å². The normalized spacial score (nSPS) is 24.2. The Morgan fingerprint density at radius 2 is 1.53 bits per heavy atom. The molecule has 1 saturated heterocycles. The number of nitrogens with one attached hydrogen (secondary N) is 1. The van der Waals surface area contributed by atoms with Gasteiger partial charge in [0.25, 0.3) is 0 Å². The van der Waals surface area contributed by atoms with E-state index in [1.54, 1.807) is 12.5 Å². The second-order valence-electron chi connectivity index (χ2n) is 4.48. The predicted molar refractivity (Wildman–Crippen MR) is 72.2 cm³/mol. The summed E-state index contributed by atoms with van der Waals surface area (Å²) >= 11 is 0. The highest BCUT2D eigenvalue weighted by Crippen LogP contribution is 2.21. The lowest BCUT2D eigenvalue weighted by Crippen LogP contribution is -2.35. The van der Waals surface area contributed by atoms with Crippen molar-refractivity contribution in [2.24, 2.45) is 0 Å². The van der Waals surface area contributed by atoms with Crippen molar-refractivity contribution in [2.75, 3.05) is 13.1 Å². The van der Waals surface area contributed by atoms with E-state index in [2.05, 4.69) is 5.32 Å². The largest absolute Gasteiger partial charge is 0.465 e. The maximum Gasteiger partial charge on any atom is 0.126 e. The second-order valence-corrected chi connectivity index (χ2v) is 4.48. The van der Waals surface area contributed by atoms with E-state index in [1.165, 1.54) is 0 Å². The smallest absolute Gasteiger partial charge is 0.126 e. The van der Waals surface area contributed by atoms with Crippen LogP contribution < -0.4 is 5.32 Å². The first-order valence-corrected chi connectivity index (χ1v) is 6.19. The Balaban J connectivity index is 1.85. The summed E-state index contributed by atoms with van der Waals surface area (Å²) in [4.78, 5) is 0. The van der Waals surface area contributed by atoms with Gasteiger partial charge in [-0.1, -0.05) is 0 Å². The molecule has 1 fully saturated rings. The molecule has 2 N–H and O–H groups in total. The number of hydrogen-bond donors (Lipinski definition) is 2. The summed E-state index contributed by atoms with van der Waals surface area (Å²) in [5.74, 6) is 1.49. The molecule has 2 aromatic rings. The zero-order valence-corrected chi connectivity index (χ0v) is 10.4. The van der Waals surface area contributed by atoms with Crippen molar-refractivity contribution in [1.29, 1.82) is 0 Å². The molecule has 0 bridgehead atoms. The van der Waals surface area contributed by atoms with Crippen LogP contribution in [0.4, 0.5) is 0 Å². The highest BCUT2D eigenvalue weighted by Gasteiger charge is 2.21. The van der Waals surface area contributed by atoms with E-state index >= 15 is 0 Å². The maximum absolute atomic E-state index is 10.4. The summed E-state index contributed by atoms with van der Waals surface area (Å²) in [6, 6.07) is 7.39. The Kier molecular flexibility index (Phi) is 3.35. The van der Waals surface area contributed by atoms with Crippen LogP contribution in [0.1, 0.15) is 11.5 Å². The first kappa shape index (κ1) is 12.0. The molecule has 98 valence electrons. The fraction of sp³-hybridized carbons (Fsp3) is 0.200. The van der Waals surface area contributed by atoms with Gasteiger partial charge in [0.2, 0.25) is 0 Å². The van der Waals surface area contributed by atoms with E-state index in [4.69, 9.17) is 8.83 Å². The molecule has 0 atom stereocenters. The van der Waals surface area contributed by atoms with Crippen molar-refractivity contribution >= 4 is 12.2 Å². The molecule has 0 spiro atoms. The van der Waals surface area contributed by atoms with Crippen molar-refractivity contribution in [3.05, 3.63) is 59.5 Å². The number of hydrogen-bond acceptors (Lipinski definition) is 4. The molecule has 1 aliphatic rings. The third kappa shape index (κ3) is 2.70. The average molecular weight is 257 g/mol. The van der Waals surface area contributed by atoms with Crippen LogP contribution in [0.5, 0.6) is 0 Å². The van der Waals surface area contributed by atoms with Crippen LogP contribution in [0.15, 0.2) is 56.8 Å². The van der Waals surface area contributed by atoms with E-state index in [9.17, 15) is 5.11 Å². The van der Waals surface area contributed by atoms with Gasteiger partial charge in [-0.05, 0) is 47.6 Å². The van der Waals surface area contributed by atoms with Crippen molar-refractivity contribution in [2.45, 2.75) is 6.10 Å². The van der Waals surface area contributed by atoms with Crippen LogP contribution in [-0.4, -0.2) is 24.3 Å². The summed E-state index contributed by atoms with van der Waals surface area (Å²) in [5.41, 5.74) is 1.78. The minimum Gasteiger partial charge on any atom is -0.465 e. The third-order valence-corrected chi connectivity index (χ3v) is 3.10. The van der Waals surface area contributed by atoms with Gasteiger partial charge in [0.15, 0.2) is 0 Å². The number of aliphatic hydroxyl groups is 1. The summed E-state index contributed by atoms with van der Waals surface area (Å²) in [6.07, 6.45) is 6.37. The number of piperidine rings is 1. The first-order chi connectivity index (χ1) is 9.33. The summed E-state index contributed by atoms with van der Waals surface area (Å²) in [5, 5.41) is 13.6. The van der Waals surface area contributed by atoms with Gasteiger partial charge in [-0.2, -0.15) is 0 Å². The molecular weight excluding hydrogens is 242 g/mol. The maximum atomic E-state index is 10.4. The van der Waals surface area contributed by atoms with E-state index in [0.29, 0.717) is 13.1 Å². The standard InChI is InChI=1S/C15H15NO3/c17-15-11(7-13-3-1-5-18-13)9-16-10-12(15)8-14-4-2-6-19-14/h1-8,15-17H,9-10H2/b11-7+,12-8+. The van der Waals surface area contributed by atoms with Gasteiger partial charge in [0.1, 0.15) is 11.5 Å². The van der Waals surface area contributed by atoms with Crippen LogP contribution >= 0.6 is 0 Å². The van der Waals surface area contributed by atoms with Gasteiger partial charge in [-0.3, -0.25) is 0 Å². The molecule has 0 amide bonds. The van der Waals surface area contributed by atoms with Gasteiger partial charge >= 0.3 is 0 Å². The Morgan fingerprint density at radius 1 is 1.00 bits per heavy atom. The highest BCUT2D eigenvalue weighted by atomic mass is 16.3. The fourth-order valence-corrected chi connectivity index (χ4v) is 2.15. The van der Waals surface area contributed by atoms with E-state index < -0.39 is 6.10 Å². The molecule has 0 radical (unpaired) electrons.